The molecule has 0 radical (unpaired) electrons. The van der Waals surface area contributed by atoms with Crippen molar-refractivity contribution in [3.8, 4) is 0 Å². The minimum Gasteiger partial charge on any atom is -0.343 e. The van der Waals surface area contributed by atoms with Crippen LogP contribution in [0.25, 0.3) is 0 Å². The van der Waals surface area contributed by atoms with Gasteiger partial charge in [-0.15, -0.1) is 11.3 Å². The van der Waals surface area contributed by atoms with Gasteiger partial charge in [0.2, 0.25) is 0 Å². The van der Waals surface area contributed by atoms with E-state index in [2.05, 4.69) is 32.7 Å². The number of hydrogen-bond donors (Lipinski definition) is 1. The van der Waals surface area contributed by atoms with Gasteiger partial charge in [-0.3, -0.25) is 0 Å². The number of aryl methyl sites for hydroxylation is 1. The Bertz CT molecular complexity index is 615. The van der Waals surface area contributed by atoms with Crippen LogP contribution in [-0.4, -0.2) is 28.9 Å². The lowest BCUT2D eigenvalue weighted by atomic mass is 10.1. The van der Waals surface area contributed by atoms with Crippen molar-refractivity contribution < 1.29 is 0 Å². The average molecular weight is 314 g/mol. The van der Waals surface area contributed by atoms with Crippen molar-refractivity contribution in [1.29, 1.82) is 0 Å². The highest BCUT2D eigenvalue weighted by atomic mass is 32.1. The fraction of sp³-hybridized carbons (Fsp3) is 0.412. The van der Waals surface area contributed by atoms with E-state index in [1.165, 1.54) is 19.3 Å². The highest BCUT2D eigenvalue weighted by molar-refractivity contribution is 7.09. The summed E-state index contributed by atoms with van der Waals surface area (Å²) in [7, 11) is 0. The molecule has 1 aliphatic heterocycles. The lowest BCUT2D eigenvalue weighted by molar-refractivity contribution is 0.340. The van der Waals surface area contributed by atoms with E-state index in [-0.39, 0.29) is 0 Å². The fourth-order valence-corrected chi connectivity index (χ4v) is 3.29. The van der Waals surface area contributed by atoms with Crippen LogP contribution in [0.4, 0.5) is 5.69 Å². The summed E-state index contributed by atoms with van der Waals surface area (Å²) in [6.07, 6.45) is 3.80. The molecule has 0 bridgehead atoms. The van der Waals surface area contributed by atoms with E-state index in [0.29, 0.717) is 6.54 Å². The Balaban J connectivity index is 1.75. The van der Waals surface area contributed by atoms with Crippen molar-refractivity contribution in [2.75, 3.05) is 18.4 Å². The smallest absolute Gasteiger partial charge is 0.198 e. The molecule has 0 aliphatic carbocycles. The van der Waals surface area contributed by atoms with Crippen molar-refractivity contribution in [1.82, 2.24) is 9.88 Å². The van der Waals surface area contributed by atoms with Crippen LogP contribution in [0, 0.1) is 6.92 Å². The Morgan fingerprint density at radius 1 is 1.23 bits per heavy atom. The molecule has 1 fully saturated rings. The molecule has 5 heteroatoms. The van der Waals surface area contributed by atoms with E-state index in [1.54, 1.807) is 11.3 Å². The zero-order chi connectivity index (χ0) is 15.2. The monoisotopic (exact) mass is 314 g/mol. The van der Waals surface area contributed by atoms with Crippen LogP contribution < -0.4 is 5.32 Å². The molecule has 1 aromatic carbocycles. The van der Waals surface area contributed by atoms with Crippen LogP contribution >= 0.6 is 11.3 Å². The first-order valence-corrected chi connectivity index (χ1v) is 8.72. The SMILES string of the molecule is Cc1csc(CN=C(Nc2ccccc2)N2CCCCC2)n1. The largest absolute Gasteiger partial charge is 0.343 e. The van der Waals surface area contributed by atoms with Crippen molar-refractivity contribution >= 4 is 23.0 Å². The third-order valence-corrected chi connectivity index (χ3v) is 4.67. The second-order valence-corrected chi connectivity index (χ2v) is 6.50. The summed E-state index contributed by atoms with van der Waals surface area (Å²) in [5, 5.41) is 6.63. The quantitative estimate of drug-likeness (QED) is 0.690. The third-order valence-electron chi connectivity index (χ3n) is 3.72. The number of aromatic nitrogens is 1. The maximum atomic E-state index is 4.81. The van der Waals surface area contributed by atoms with Gasteiger partial charge in [-0.05, 0) is 38.3 Å². The first kappa shape index (κ1) is 15.0. The molecule has 116 valence electrons. The Hall–Kier alpha value is -1.88. The number of likely N-dealkylation sites (tertiary alicyclic amines) is 1. The molecule has 1 aliphatic rings. The number of para-hydroxylation sites is 1. The number of benzene rings is 1. The fourth-order valence-electron chi connectivity index (χ4n) is 2.59. The van der Waals surface area contributed by atoms with E-state index >= 15 is 0 Å². The van der Waals surface area contributed by atoms with Crippen molar-refractivity contribution in [3.05, 3.63) is 46.4 Å². The lowest BCUT2D eigenvalue weighted by Gasteiger charge is -2.30. The standard InChI is InChI=1S/C17H22N4S/c1-14-13-22-16(19-14)12-18-17(21-10-6-3-7-11-21)20-15-8-4-2-5-9-15/h2,4-5,8-9,13H,3,6-7,10-12H2,1H3,(H,18,20). The lowest BCUT2D eigenvalue weighted by Crippen LogP contribution is -2.40. The number of guanidine groups is 1. The van der Waals surface area contributed by atoms with Crippen LogP contribution in [0.15, 0.2) is 40.7 Å². The molecule has 1 saturated heterocycles. The number of anilines is 1. The second-order valence-electron chi connectivity index (χ2n) is 5.56. The summed E-state index contributed by atoms with van der Waals surface area (Å²) in [5.41, 5.74) is 2.16. The second kappa shape index (κ2) is 7.40. The van der Waals surface area contributed by atoms with E-state index in [4.69, 9.17) is 4.99 Å². The van der Waals surface area contributed by atoms with Crippen molar-refractivity contribution in [2.45, 2.75) is 32.7 Å². The first-order valence-electron chi connectivity index (χ1n) is 7.84. The Kier molecular flexibility index (Phi) is 5.06. The number of nitrogens with one attached hydrogen (secondary N) is 1. The third kappa shape index (κ3) is 4.07. The van der Waals surface area contributed by atoms with Gasteiger partial charge in [0.15, 0.2) is 5.96 Å². The van der Waals surface area contributed by atoms with Gasteiger partial charge < -0.3 is 10.2 Å². The Morgan fingerprint density at radius 3 is 2.68 bits per heavy atom. The molecule has 2 heterocycles. The number of nitrogens with zero attached hydrogens (tertiary/aromatic N) is 3. The van der Waals surface area contributed by atoms with E-state index in [9.17, 15) is 0 Å². The molecule has 0 amide bonds. The summed E-state index contributed by atoms with van der Waals surface area (Å²) in [6.45, 7) is 4.83. The summed E-state index contributed by atoms with van der Waals surface area (Å²) < 4.78 is 0. The zero-order valence-corrected chi connectivity index (χ0v) is 13.8. The first-order chi connectivity index (χ1) is 10.8. The highest BCUT2D eigenvalue weighted by Crippen LogP contribution is 2.14. The normalized spacial score (nSPS) is 15.9. The van der Waals surface area contributed by atoms with Crippen molar-refractivity contribution in [2.24, 2.45) is 4.99 Å². The van der Waals surface area contributed by atoms with Crippen molar-refractivity contribution in [3.63, 3.8) is 0 Å². The molecule has 22 heavy (non-hydrogen) atoms. The summed E-state index contributed by atoms with van der Waals surface area (Å²) >= 11 is 1.68. The Morgan fingerprint density at radius 2 is 2.00 bits per heavy atom. The number of hydrogen-bond acceptors (Lipinski definition) is 3. The topological polar surface area (TPSA) is 40.5 Å². The van der Waals surface area contributed by atoms with Gasteiger partial charge in [0, 0.05) is 29.9 Å². The van der Waals surface area contributed by atoms with Crippen LogP contribution in [0.1, 0.15) is 30.0 Å². The molecule has 1 N–H and O–H groups in total. The van der Waals surface area contributed by atoms with Gasteiger partial charge in [-0.2, -0.15) is 0 Å². The van der Waals surface area contributed by atoms with Crippen LogP contribution in [0.3, 0.4) is 0 Å². The van der Waals surface area contributed by atoms with Gasteiger partial charge in [0.25, 0.3) is 0 Å². The van der Waals surface area contributed by atoms with Gasteiger partial charge in [-0.25, -0.2) is 9.98 Å². The van der Waals surface area contributed by atoms with E-state index < -0.39 is 0 Å². The van der Waals surface area contributed by atoms with Gasteiger partial charge >= 0.3 is 0 Å². The summed E-state index contributed by atoms with van der Waals surface area (Å²) in [6, 6.07) is 10.3. The minimum atomic E-state index is 0.643. The number of piperidine rings is 1. The predicted octanol–water partition coefficient (Wildman–Crippen LogP) is 3.91. The molecule has 1 aromatic heterocycles. The van der Waals surface area contributed by atoms with E-state index in [0.717, 1.165) is 35.4 Å². The molecular weight excluding hydrogens is 292 g/mol. The van der Waals surface area contributed by atoms with Crippen LogP contribution in [-0.2, 0) is 6.54 Å². The van der Waals surface area contributed by atoms with Crippen LogP contribution in [0.2, 0.25) is 0 Å². The number of aliphatic imine (C=N–C) groups is 1. The highest BCUT2D eigenvalue weighted by Gasteiger charge is 2.15. The van der Waals surface area contributed by atoms with Gasteiger partial charge in [-0.1, -0.05) is 18.2 Å². The molecular formula is C17H22N4S. The summed E-state index contributed by atoms with van der Waals surface area (Å²) in [4.78, 5) is 11.7. The molecule has 0 saturated carbocycles. The Labute approximate surface area is 135 Å². The van der Waals surface area contributed by atoms with Gasteiger partial charge in [0.05, 0.1) is 6.54 Å². The molecule has 2 aromatic rings. The maximum absolute atomic E-state index is 4.81. The minimum absolute atomic E-state index is 0.643. The molecule has 4 nitrogen and oxygen atoms in total. The summed E-state index contributed by atoms with van der Waals surface area (Å²) in [5.74, 6) is 0.971. The molecule has 0 unspecified atom stereocenters. The number of thiazole rings is 1. The zero-order valence-electron chi connectivity index (χ0n) is 13.0. The molecule has 0 atom stereocenters. The number of rotatable bonds is 3. The molecule has 0 spiro atoms. The molecule has 3 rings (SSSR count). The average Bonchev–Trinajstić information content (AvgIpc) is 2.99. The maximum Gasteiger partial charge on any atom is 0.198 e. The van der Waals surface area contributed by atoms with Crippen LogP contribution in [0.5, 0.6) is 0 Å². The predicted molar refractivity (Wildman–Crippen MR) is 93.5 cm³/mol. The van der Waals surface area contributed by atoms with Gasteiger partial charge in [0.1, 0.15) is 5.01 Å². The van der Waals surface area contributed by atoms with E-state index in [1.807, 2.05) is 25.1 Å².